The van der Waals surface area contributed by atoms with Crippen molar-refractivity contribution in [3.05, 3.63) is 255 Å². The van der Waals surface area contributed by atoms with E-state index in [1.165, 1.54) is 31.5 Å². The highest BCUT2D eigenvalue weighted by Crippen LogP contribution is 2.38. The predicted octanol–water partition coefficient (Wildman–Crippen LogP) is 12.2. The lowest BCUT2D eigenvalue weighted by Crippen LogP contribution is -2.74. The molecule has 0 aliphatic carbocycles. The van der Waals surface area contributed by atoms with E-state index in [0.717, 1.165) is 65.9 Å². The fourth-order valence-corrected chi connectivity index (χ4v) is 16.1. The third-order valence-corrected chi connectivity index (χ3v) is 19.1. The van der Waals surface area contributed by atoms with Crippen molar-refractivity contribution in [2.24, 2.45) is 0 Å². The lowest BCUT2D eigenvalue weighted by Gasteiger charge is -2.34. The molecule has 14 rings (SSSR count). The molecule has 0 atom stereocenters. The van der Waals surface area contributed by atoms with E-state index in [9.17, 15) is 0 Å². The van der Waals surface area contributed by atoms with Crippen molar-refractivity contribution in [2.45, 2.75) is 0 Å². The second kappa shape index (κ2) is 16.0. The monoisotopic (exact) mass is 910 g/mol. The topological polar surface area (TPSA) is 53.5 Å². The summed E-state index contributed by atoms with van der Waals surface area (Å²) < 4.78 is 6.84. The van der Waals surface area contributed by atoms with Gasteiger partial charge in [0.2, 0.25) is 11.9 Å². The van der Waals surface area contributed by atoms with Crippen molar-refractivity contribution in [1.29, 1.82) is 0 Å². The normalized spacial score (nSPS) is 12.0. The lowest BCUT2D eigenvalue weighted by molar-refractivity contribution is 0.892. The molecule has 0 aliphatic heterocycles. The molecule has 10 aromatic carbocycles. The highest BCUT2D eigenvalue weighted by Gasteiger charge is 2.41. The Morgan fingerprint density at radius 1 is 0.257 bits per heavy atom. The number of hydrogen-bond donors (Lipinski definition) is 0. The van der Waals surface area contributed by atoms with Crippen molar-refractivity contribution >= 4 is 94.2 Å². The van der Waals surface area contributed by atoms with Crippen LogP contribution in [0.15, 0.2) is 255 Å². The van der Waals surface area contributed by atoms with Gasteiger partial charge in [-0.15, -0.1) is 0 Å². The third-order valence-electron chi connectivity index (χ3n) is 14.3. The molecule has 0 bridgehead atoms. The number of rotatable bonds is 8. The van der Waals surface area contributed by atoms with E-state index in [-0.39, 0.29) is 0 Å². The van der Waals surface area contributed by atoms with E-state index < -0.39 is 8.07 Å². The largest absolute Gasteiger partial charge is 0.309 e. The summed E-state index contributed by atoms with van der Waals surface area (Å²) in [4.78, 5) is 16.8. The first-order valence-electron chi connectivity index (χ1n) is 23.8. The Labute approximate surface area is 404 Å². The molecule has 0 amide bonds. The molecule has 70 heavy (non-hydrogen) atoms. The molecule has 0 unspecified atom stereocenters. The van der Waals surface area contributed by atoms with Gasteiger partial charge in [-0.05, 0) is 69.3 Å². The van der Waals surface area contributed by atoms with Crippen LogP contribution in [0.4, 0.5) is 0 Å². The minimum atomic E-state index is -2.93. The highest BCUT2D eigenvalue weighted by atomic mass is 28.3. The molecule has 328 valence electrons. The molecule has 0 saturated heterocycles. The number of nitrogens with zero attached hydrogens (tertiary/aromatic N) is 6. The first kappa shape index (κ1) is 39.9. The smallest absolute Gasteiger partial charge is 0.240 e. The van der Waals surface area contributed by atoms with Crippen LogP contribution in [-0.2, 0) is 0 Å². The molecule has 0 saturated carbocycles. The highest BCUT2D eigenvalue weighted by molar-refractivity contribution is 7.20. The van der Waals surface area contributed by atoms with Gasteiger partial charge in [0.05, 0.1) is 38.8 Å². The minimum Gasteiger partial charge on any atom is -0.309 e. The van der Waals surface area contributed by atoms with Gasteiger partial charge in [-0.3, -0.25) is 9.13 Å². The van der Waals surface area contributed by atoms with Gasteiger partial charge < -0.3 is 4.57 Å². The lowest BCUT2D eigenvalue weighted by atomic mass is 10.1. The van der Waals surface area contributed by atoms with Crippen molar-refractivity contribution < 1.29 is 0 Å². The van der Waals surface area contributed by atoms with Gasteiger partial charge in [0, 0.05) is 37.9 Å². The van der Waals surface area contributed by atoms with Gasteiger partial charge in [0.25, 0.3) is 0 Å². The van der Waals surface area contributed by atoms with Crippen LogP contribution in [0.5, 0.6) is 0 Å². The minimum absolute atomic E-state index is 0.536. The SMILES string of the molecule is c1ccc([Si](c2ccccc2)(c2ccccc2)c2ccc3c4ccccc4n(-c4nc(-c5ccccc5-n5c6ccccc6c6ccccc65)nc(-n5c6ccccc6c6ccccc65)n4)c3c2)cc1. The molecular weight excluding hydrogens is 869 g/mol. The quantitative estimate of drug-likeness (QED) is 0.113. The molecular formula is C63H42N6Si. The van der Waals surface area contributed by atoms with E-state index >= 15 is 0 Å². The Kier molecular flexibility index (Phi) is 9.12. The molecule has 14 aromatic rings. The third kappa shape index (κ3) is 5.95. The Balaban J connectivity index is 1.10. The van der Waals surface area contributed by atoms with Gasteiger partial charge >= 0.3 is 0 Å². The van der Waals surface area contributed by atoms with Gasteiger partial charge in [0.15, 0.2) is 13.9 Å². The fourth-order valence-electron chi connectivity index (χ4n) is 11.3. The predicted molar refractivity (Wildman–Crippen MR) is 292 cm³/mol. The van der Waals surface area contributed by atoms with E-state index in [1.807, 2.05) is 0 Å². The van der Waals surface area contributed by atoms with Crippen LogP contribution in [0.2, 0.25) is 0 Å². The van der Waals surface area contributed by atoms with Crippen LogP contribution in [0, 0.1) is 0 Å². The molecule has 7 heteroatoms. The Hall–Kier alpha value is -9.17. The van der Waals surface area contributed by atoms with Gasteiger partial charge in [-0.25, -0.2) is 0 Å². The number of aromatic nitrogens is 6. The molecule has 6 nitrogen and oxygen atoms in total. The van der Waals surface area contributed by atoms with Crippen molar-refractivity contribution in [3.63, 3.8) is 0 Å². The Morgan fingerprint density at radius 2 is 0.600 bits per heavy atom. The van der Waals surface area contributed by atoms with Crippen LogP contribution >= 0.6 is 0 Å². The van der Waals surface area contributed by atoms with E-state index in [0.29, 0.717) is 17.7 Å². The van der Waals surface area contributed by atoms with Crippen LogP contribution in [-0.4, -0.2) is 36.7 Å². The van der Waals surface area contributed by atoms with Crippen molar-refractivity contribution in [3.8, 4) is 29.0 Å². The van der Waals surface area contributed by atoms with Crippen molar-refractivity contribution in [1.82, 2.24) is 28.7 Å². The van der Waals surface area contributed by atoms with Gasteiger partial charge in [0.1, 0.15) is 0 Å². The zero-order chi connectivity index (χ0) is 46.2. The maximum Gasteiger partial charge on any atom is 0.240 e. The summed E-state index contributed by atoms with van der Waals surface area (Å²) in [7, 11) is -2.93. The summed E-state index contributed by atoms with van der Waals surface area (Å²) in [5, 5.41) is 12.1. The number of fused-ring (bicyclic) bond motifs is 9. The van der Waals surface area contributed by atoms with Crippen LogP contribution < -0.4 is 20.7 Å². The molecule has 0 fully saturated rings. The van der Waals surface area contributed by atoms with E-state index in [1.54, 1.807) is 0 Å². The summed E-state index contributed by atoms with van der Waals surface area (Å²) in [6, 6.07) is 92.0. The maximum absolute atomic E-state index is 5.64. The second-order valence-corrected chi connectivity index (χ2v) is 21.8. The summed E-state index contributed by atoms with van der Waals surface area (Å²) in [6.45, 7) is 0. The second-order valence-electron chi connectivity index (χ2n) is 17.9. The average molecular weight is 911 g/mol. The molecule has 0 spiro atoms. The number of hydrogen-bond acceptors (Lipinski definition) is 3. The molecule has 0 radical (unpaired) electrons. The van der Waals surface area contributed by atoms with E-state index in [2.05, 4.69) is 268 Å². The molecule has 0 N–H and O–H groups in total. The summed E-state index contributed by atoms with van der Waals surface area (Å²) in [6.07, 6.45) is 0. The van der Waals surface area contributed by atoms with Crippen LogP contribution in [0.1, 0.15) is 0 Å². The Bertz CT molecular complexity index is 4100. The summed E-state index contributed by atoms with van der Waals surface area (Å²) in [5.41, 5.74) is 8.20. The van der Waals surface area contributed by atoms with Crippen LogP contribution in [0.25, 0.3) is 94.4 Å². The molecule has 4 heterocycles. The van der Waals surface area contributed by atoms with Crippen LogP contribution in [0.3, 0.4) is 0 Å². The zero-order valence-corrected chi connectivity index (χ0v) is 38.9. The summed E-state index contributed by atoms with van der Waals surface area (Å²) in [5.74, 6) is 1.65. The maximum atomic E-state index is 5.64. The van der Waals surface area contributed by atoms with E-state index in [4.69, 9.17) is 15.0 Å². The average Bonchev–Trinajstić information content (AvgIpc) is 4.08. The first-order valence-corrected chi connectivity index (χ1v) is 25.8. The zero-order valence-electron chi connectivity index (χ0n) is 37.9. The molecule has 4 aromatic heterocycles. The fraction of sp³-hybridized carbons (Fsp3) is 0. The first-order chi connectivity index (χ1) is 34.8. The van der Waals surface area contributed by atoms with Gasteiger partial charge in [-0.2, -0.15) is 15.0 Å². The molecule has 0 aliphatic rings. The van der Waals surface area contributed by atoms with Crippen molar-refractivity contribution in [2.75, 3.05) is 0 Å². The van der Waals surface area contributed by atoms with Gasteiger partial charge in [-0.1, -0.05) is 206 Å². The number of para-hydroxylation sites is 6. The summed E-state index contributed by atoms with van der Waals surface area (Å²) >= 11 is 0. The standard InChI is InChI=1S/C63H42N6Si/c1-4-22-43(23-5-1)70(44-24-6-2-7-25-44,45-26-8-3-9-27-45)46-40-41-52-51-32-14-20-38-58(51)69(60(52)42-46)63-65-61(64-62(66-63)68-56-36-18-12-30-49(56)50-31-13-19-37-57(50)68)53-33-15-21-39-59(53)67-54-34-16-10-28-47(54)48-29-11-17-35-55(48)67/h1-42H. The Morgan fingerprint density at radius 3 is 1.04 bits per heavy atom. The number of benzene rings is 10.